The van der Waals surface area contributed by atoms with Crippen molar-refractivity contribution in [1.82, 2.24) is 5.43 Å². The molecular weight excluding hydrogens is 192 g/mol. The summed E-state index contributed by atoms with van der Waals surface area (Å²) in [4.78, 5) is 10.6. The topological polar surface area (TPSA) is 50.7 Å². The van der Waals surface area contributed by atoms with Gasteiger partial charge in [-0.3, -0.25) is 0 Å². The van der Waals surface area contributed by atoms with E-state index in [0.29, 0.717) is 0 Å². The molecule has 0 aliphatic heterocycles. The van der Waals surface area contributed by atoms with Crippen LogP contribution in [0, 0.1) is 0 Å². The van der Waals surface area contributed by atoms with Crippen molar-refractivity contribution >= 4 is 12.3 Å². The minimum absolute atomic E-state index is 0.550. The van der Waals surface area contributed by atoms with Gasteiger partial charge in [0, 0.05) is 6.21 Å². The summed E-state index contributed by atoms with van der Waals surface area (Å²) < 4.78 is 4.35. The molecule has 0 heterocycles. The number of nitrogens with zero attached hydrogens (tertiary/aromatic N) is 1. The van der Waals surface area contributed by atoms with Crippen molar-refractivity contribution in [3.8, 4) is 0 Å². The number of hydrogen-bond donors (Lipinski definition) is 1. The first-order valence-corrected chi connectivity index (χ1v) is 4.72. The van der Waals surface area contributed by atoms with Gasteiger partial charge in [-0.25, -0.2) is 10.2 Å². The van der Waals surface area contributed by atoms with Crippen LogP contribution in [0.25, 0.3) is 0 Å². The Morgan fingerprint density at radius 2 is 2.20 bits per heavy atom. The van der Waals surface area contributed by atoms with Crippen LogP contribution in [-0.2, 0) is 11.2 Å². The van der Waals surface area contributed by atoms with Gasteiger partial charge in [0.2, 0.25) is 0 Å². The van der Waals surface area contributed by atoms with E-state index in [2.05, 4.69) is 27.4 Å². The number of hydrazone groups is 1. The van der Waals surface area contributed by atoms with Gasteiger partial charge in [0.1, 0.15) is 0 Å². The molecule has 0 bridgehead atoms. The number of rotatable bonds is 4. The molecule has 1 aromatic carbocycles. The second-order valence-electron chi connectivity index (χ2n) is 2.94. The Bertz CT molecular complexity index is 323. The largest absolute Gasteiger partial charge is 0.452 e. The molecule has 15 heavy (non-hydrogen) atoms. The highest BCUT2D eigenvalue weighted by Crippen LogP contribution is 2.00. The maximum Gasteiger partial charge on any atom is 0.427 e. The molecule has 0 aliphatic carbocycles. The lowest BCUT2D eigenvalue weighted by atomic mass is 10.1. The highest BCUT2D eigenvalue weighted by Gasteiger charge is 1.92. The van der Waals surface area contributed by atoms with Crippen LogP contribution < -0.4 is 5.43 Å². The van der Waals surface area contributed by atoms with Crippen molar-refractivity contribution in [3.63, 3.8) is 0 Å². The van der Waals surface area contributed by atoms with Crippen LogP contribution in [0.2, 0.25) is 0 Å². The number of carbonyl (C=O) groups is 1. The van der Waals surface area contributed by atoms with E-state index >= 15 is 0 Å². The molecule has 4 heteroatoms. The van der Waals surface area contributed by atoms with E-state index in [4.69, 9.17) is 0 Å². The summed E-state index contributed by atoms with van der Waals surface area (Å²) in [5.41, 5.74) is 3.48. The van der Waals surface area contributed by atoms with Crippen molar-refractivity contribution in [2.75, 3.05) is 7.11 Å². The molecule has 4 nitrogen and oxygen atoms in total. The van der Waals surface area contributed by atoms with Crippen molar-refractivity contribution in [1.29, 1.82) is 0 Å². The minimum atomic E-state index is -0.550. The number of carbonyl (C=O) groups excluding carboxylic acids is 1. The van der Waals surface area contributed by atoms with Gasteiger partial charge >= 0.3 is 6.09 Å². The standard InChI is InChI=1S/C11H14N2O2/c1-15-11(14)13-12-9-5-8-10-6-3-2-4-7-10/h2-4,6-7,9H,5,8H2,1H3,(H,13,14)/b12-9+. The number of ether oxygens (including phenoxy) is 1. The van der Waals surface area contributed by atoms with E-state index < -0.39 is 6.09 Å². The first-order valence-electron chi connectivity index (χ1n) is 4.72. The smallest absolute Gasteiger partial charge is 0.427 e. The molecule has 1 aromatic rings. The minimum Gasteiger partial charge on any atom is -0.452 e. The van der Waals surface area contributed by atoms with Crippen LogP contribution in [-0.4, -0.2) is 19.4 Å². The van der Waals surface area contributed by atoms with E-state index in [1.165, 1.54) is 12.7 Å². The molecule has 0 aliphatic rings. The van der Waals surface area contributed by atoms with Gasteiger partial charge < -0.3 is 4.74 Å². The highest BCUT2D eigenvalue weighted by molar-refractivity contribution is 5.68. The number of nitrogens with one attached hydrogen (secondary N) is 1. The maximum absolute atomic E-state index is 10.6. The Balaban J connectivity index is 2.19. The average molecular weight is 206 g/mol. The molecule has 1 rings (SSSR count). The Labute approximate surface area is 88.9 Å². The van der Waals surface area contributed by atoms with Crippen LogP contribution in [0.5, 0.6) is 0 Å². The fraction of sp³-hybridized carbons (Fsp3) is 0.273. The molecule has 80 valence electrons. The third-order valence-corrected chi connectivity index (χ3v) is 1.84. The lowest BCUT2D eigenvalue weighted by Gasteiger charge is -1.97. The van der Waals surface area contributed by atoms with Gasteiger partial charge in [0.25, 0.3) is 0 Å². The predicted octanol–water partition coefficient (Wildman–Crippen LogP) is 1.96. The molecular formula is C11H14N2O2. The van der Waals surface area contributed by atoms with Crippen LogP contribution >= 0.6 is 0 Å². The van der Waals surface area contributed by atoms with Crippen LogP contribution in [0.3, 0.4) is 0 Å². The number of hydrogen-bond acceptors (Lipinski definition) is 3. The third-order valence-electron chi connectivity index (χ3n) is 1.84. The van der Waals surface area contributed by atoms with Gasteiger partial charge in [0.05, 0.1) is 7.11 Å². The number of amides is 1. The Hall–Kier alpha value is -1.84. The van der Waals surface area contributed by atoms with E-state index in [1.54, 1.807) is 6.21 Å². The van der Waals surface area contributed by atoms with Gasteiger partial charge in [0.15, 0.2) is 0 Å². The number of methoxy groups -OCH3 is 1. The maximum atomic E-state index is 10.6. The zero-order valence-corrected chi connectivity index (χ0v) is 8.64. The Morgan fingerprint density at radius 1 is 1.47 bits per heavy atom. The zero-order chi connectivity index (χ0) is 10.9. The first-order chi connectivity index (χ1) is 7.33. The van der Waals surface area contributed by atoms with Gasteiger partial charge in [-0.1, -0.05) is 30.3 Å². The van der Waals surface area contributed by atoms with Gasteiger partial charge in [-0.05, 0) is 18.4 Å². The molecule has 0 spiro atoms. The van der Waals surface area contributed by atoms with Crippen molar-refractivity contribution < 1.29 is 9.53 Å². The van der Waals surface area contributed by atoms with E-state index in [0.717, 1.165) is 12.8 Å². The van der Waals surface area contributed by atoms with Crippen molar-refractivity contribution in [2.45, 2.75) is 12.8 Å². The molecule has 0 atom stereocenters. The van der Waals surface area contributed by atoms with E-state index in [-0.39, 0.29) is 0 Å². The molecule has 0 radical (unpaired) electrons. The summed E-state index contributed by atoms with van der Waals surface area (Å²) in [6, 6.07) is 10.1. The van der Waals surface area contributed by atoms with Crippen LogP contribution in [0.4, 0.5) is 4.79 Å². The Kier molecular flexibility index (Phi) is 4.94. The fourth-order valence-electron chi connectivity index (χ4n) is 1.08. The molecule has 0 saturated carbocycles. The summed E-state index contributed by atoms with van der Waals surface area (Å²) in [7, 11) is 1.30. The summed E-state index contributed by atoms with van der Waals surface area (Å²) >= 11 is 0. The van der Waals surface area contributed by atoms with Crippen LogP contribution in [0.15, 0.2) is 35.4 Å². The first kappa shape index (κ1) is 11.2. The van der Waals surface area contributed by atoms with Crippen LogP contribution in [0.1, 0.15) is 12.0 Å². The summed E-state index contributed by atoms with van der Waals surface area (Å²) in [5.74, 6) is 0. The fourth-order valence-corrected chi connectivity index (χ4v) is 1.08. The zero-order valence-electron chi connectivity index (χ0n) is 8.64. The molecule has 1 N–H and O–H groups in total. The number of benzene rings is 1. The quantitative estimate of drug-likeness (QED) is 0.604. The molecule has 0 fully saturated rings. The summed E-state index contributed by atoms with van der Waals surface area (Å²) in [5, 5.41) is 3.71. The average Bonchev–Trinajstić information content (AvgIpc) is 2.29. The Morgan fingerprint density at radius 3 is 2.87 bits per heavy atom. The van der Waals surface area contributed by atoms with E-state index in [9.17, 15) is 4.79 Å². The second kappa shape index (κ2) is 6.59. The van der Waals surface area contributed by atoms with Gasteiger partial charge in [-0.2, -0.15) is 5.10 Å². The molecule has 0 unspecified atom stereocenters. The van der Waals surface area contributed by atoms with Gasteiger partial charge in [-0.15, -0.1) is 0 Å². The molecule has 0 saturated heterocycles. The third kappa shape index (κ3) is 4.81. The molecule has 1 amide bonds. The van der Waals surface area contributed by atoms with Crippen molar-refractivity contribution in [3.05, 3.63) is 35.9 Å². The van der Waals surface area contributed by atoms with E-state index in [1.807, 2.05) is 18.2 Å². The lowest BCUT2D eigenvalue weighted by Crippen LogP contribution is -2.16. The molecule has 0 aromatic heterocycles. The summed E-state index contributed by atoms with van der Waals surface area (Å²) in [6.45, 7) is 0. The van der Waals surface area contributed by atoms with Crippen molar-refractivity contribution in [2.24, 2.45) is 5.10 Å². The normalized spacial score (nSPS) is 10.2. The number of aryl methyl sites for hydroxylation is 1. The lowest BCUT2D eigenvalue weighted by molar-refractivity contribution is 0.171. The predicted molar refractivity (Wildman–Crippen MR) is 58.8 cm³/mol. The highest BCUT2D eigenvalue weighted by atomic mass is 16.5. The SMILES string of the molecule is COC(=O)N/N=C/CCc1ccccc1. The monoisotopic (exact) mass is 206 g/mol. The summed E-state index contributed by atoms with van der Waals surface area (Å²) in [6.07, 6.45) is 2.80. The second-order valence-corrected chi connectivity index (χ2v) is 2.94.